The lowest BCUT2D eigenvalue weighted by molar-refractivity contribution is 0.426. The molecule has 0 spiro atoms. The molecule has 3 nitrogen and oxygen atoms in total. The Morgan fingerprint density at radius 1 is 1.29 bits per heavy atom. The first-order valence-corrected chi connectivity index (χ1v) is 5.16. The van der Waals surface area contributed by atoms with Crippen molar-refractivity contribution in [2.45, 2.75) is 0 Å². The van der Waals surface area contributed by atoms with E-state index in [0.29, 0.717) is 26.2 Å². The van der Waals surface area contributed by atoms with Crippen molar-refractivity contribution in [3.05, 3.63) is 33.0 Å². The van der Waals surface area contributed by atoms with E-state index in [0.717, 1.165) is 0 Å². The third-order valence-electron chi connectivity index (χ3n) is 1.56. The number of benzene rings is 1. The molecule has 0 unspecified atom stereocenters. The van der Waals surface area contributed by atoms with E-state index in [1.54, 1.807) is 18.2 Å². The average molecular weight is 294 g/mol. The molecular formula is C8H3BrCl2N2O. The van der Waals surface area contributed by atoms with Crippen LogP contribution in [0.1, 0.15) is 0 Å². The van der Waals surface area contributed by atoms with Crippen LogP contribution in [0.15, 0.2) is 27.5 Å². The van der Waals surface area contributed by atoms with Gasteiger partial charge in [0.2, 0.25) is 4.73 Å². The first kappa shape index (κ1) is 9.96. The Kier molecular flexibility index (Phi) is 2.76. The van der Waals surface area contributed by atoms with Crippen molar-refractivity contribution in [2.75, 3.05) is 0 Å². The van der Waals surface area contributed by atoms with Gasteiger partial charge in [-0.15, -0.1) is 0 Å². The summed E-state index contributed by atoms with van der Waals surface area (Å²) < 4.78 is 5.31. The zero-order valence-electron chi connectivity index (χ0n) is 6.67. The fourth-order valence-corrected chi connectivity index (χ4v) is 1.58. The molecule has 0 N–H and O–H groups in total. The number of nitrogens with zero attached hydrogens (tertiary/aromatic N) is 2. The number of hydrogen-bond donors (Lipinski definition) is 0. The van der Waals surface area contributed by atoms with Gasteiger partial charge in [-0.3, -0.25) is 0 Å². The third kappa shape index (κ3) is 1.92. The summed E-state index contributed by atoms with van der Waals surface area (Å²) >= 11 is 14.8. The van der Waals surface area contributed by atoms with Gasteiger partial charge in [-0.05, 0) is 39.3 Å². The molecule has 0 aliphatic heterocycles. The van der Waals surface area contributed by atoms with Crippen LogP contribution < -0.4 is 0 Å². The van der Waals surface area contributed by atoms with Crippen molar-refractivity contribution in [2.24, 2.45) is 0 Å². The number of rotatable bonds is 1. The van der Waals surface area contributed by atoms with Crippen molar-refractivity contribution in [1.29, 1.82) is 0 Å². The quantitative estimate of drug-likeness (QED) is 0.802. The van der Waals surface area contributed by atoms with Crippen LogP contribution >= 0.6 is 39.1 Å². The van der Waals surface area contributed by atoms with Crippen LogP contribution in [0.3, 0.4) is 0 Å². The molecule has 14 heavy (non-hydrogen) atoms. The minimum absolute atomic E-state index is 0.337. The maximum absolute atomic E-state index is 5.94. The molecule has 0 saturated carbocycles. The van der Waals surface area contributed by atoms with Crippen LogP contribution in [0.5, 0.6) is 0 Å². The molecule has 0 radical (unpaired) electrons. The first-order valence-electron chi connectivity index (χ1n) is 3.61. The van der Waals surface area contributed by atoms with Crippen molar-refractivity contribution < 1.29 is 4.52 Å². The lowest BCUT2D eigenvalue weighted by Crippen LogP contribution is -1.79. The second kappa shape index (κ2) is 3.88. The zero-order valence-corrected chi connectivity index (χ0v) is 9.77. The van der Waals surface area contributed by atoms with E-state index in [9.17, 15) is 0 Å². The molecule has 2 aromatic rings. The average Bonchev–Trinajstić information content (AvgIpc) is 2.56. The molecule has 1 heterocycles. The molecule has 6 heteroatoms. The summed E-state index contributed by atoms with van der Waals surface area (Å²) in [6.07, 6.45) is 0. The van der Waals surface area contributed by atoms with Gasteiger partial charge in [-0.1, -0.05) is 23.2 Å². The highest BCUT2D eigenvalue weighted by Gasteiger charge is 2.11. The Hall–Kier alpha value is -0.580. The monoisotopic (exact) mass is 292 g/mol. The third-order valence-corrected chi connectivity index (χ3v) is 2.45. The van der Waals surface area contributed by atoms with E-state index < -0.39 is 0 Å². The predicted octanol–water partition coefficient (Wildman–Crippen LogP) is 3.81. The van der Waals surface area contributed by atoms with Crippen molar-refractivity contribution in [1.82, 2.24) is 10.1 Å². The zero-order chi connectivity index (χ0) is 10.1. The minimum Gasteiger partial charge on any atom is -0.333 e. The molecule has 0 saturated heterocycles. The fraction of sp³-hybridized carbons (Fsp3) is 0. The van der Waals surface area contributed by atoms with Gasteiger partial charge in [0, 0.05) is 5.02 Å². The van der Waals surface area contributed by atoms with Crippen molar-refractivity contribution in [3.63, 3.8) is 0 Å². The van der Waals surface area contributed by atoms with Gasteiger partial charge in [-0.2, -0.15) is 4.98 Å². The Morgan fingerprint density at radius 2 is 2.07 bits per heavy atom. The highest BCUT2D eigenvalue weighted by Crippen LogP contribution is 2.29. The molecular weight excluding hydrogens is 291 g/mol. The Morgan fingerprint density at radius 3 is 2.71 bits per heavy atom. The Bertz CT molecular complexity index is 472. The normalized spacial score (nSPS) is 10.5. The van der Waals surface area contributed by atoms with E-state index in [2.05, 4.69) is 26.1 Å². The lowest BCUT2D eigenvalue weighted by Gasteiger charge is -1.98. The predicted molar refractivity (Wildman–Crippen MR) is 57.5 cm³/mol. The van der Waals surface area contributed by atoms with Crippen LogP contribution in [-0.2, 0) is 0 Å². The molecule has 0 bridgehead atoms. The Balaban J connectivity index is 2.55. The van der Waals surface area contributed by atoms with Crippen LogP contribution in [0.25, 0.3) is 11.5 Å². The summed E-state index contributed by atoms with van der Waals surface area (Å²) in [4.78, 5) is 3.98. The topological polar surface area (TPSA) is 38.9 Å². The number of aromatic nitrogens is 2. The summed E-state index contributed by atoms with van der Waals surface area (Å²) in [5, 5.41) is 4.68. The summed E-state index contributed by atoms with van der Waals surface area (Å²) in [6, 6.07) is 5.04. The molecule has 0 aliphatic carbocycles. The summed E-state index contributed by atoms with van der Waals surface area (Å²) in [5.41, 5.74) is 0.623. The van der Waals surface area contributed by atoms with Gasteiger partial charge in [0.25, 0.3) is 5.89 Å². The van der Waals surface area contributed by atoms with Gasteiger partial charge >= 0.3 is 0 Å². The second-order valence-corrected chi connectivity index (χ2v) is 4.05. The van der Waals surface area contributed by atoms with Gasteiger partial charge in [0.15, 0.2) is 0 Å². The lowest BCUT2D eigenvalue weighted by atomic mass is 10.2. The van der Waals surface area contributed by atoms with Gasteiger partial charge < -0.3 is 4.52 Å². The van der Waals surface area contributed by atoms with Crippen molar-refractivity contribution >= 4 is 39.1 Å². The van der Waals surface area contributed by atoms with Crippen LogP contribution in [0.2, 0.25) is 10.0 Å². The second-order valence-electron chi connectivity index (χ2n) is 2.49. The summed E-state index contributed by atoms with van der Waals surface area (Å²) in [5.74, 6) is 0.337. The molecule has 1 aromatic heterocycles. The minimum atomic E-state index is 0.337. The summed E-state index contributed by atoms with van der Waals surface area (Å²) in [7, 11) is 0. The van der Waals surface area contributed by atoms with E-state index in [1.165, 1.54) is 0 Å². The van der Waals surface area contributed by atoms with Crippen LogP contribution in [-0.4, -0.2) is 10.1 Å². The molecule has 0 fully saturated rings. The van der Waals surface area contributed by atoms with Gasteiger partial charge in [0.1, 0.15) is 0 Å². The summed E-state index contributed by atoms with van der Waals surface area (Å²) in [6.45, 7) is 0. The molecule has 0 atom stereocenters. The van der Waals surface area contributed by atoms with E-state index in [-0.39, 0.29) is 0 Å². The van der Waals surface area contributed by atoms with Crippen LogP contribution in [0.4, 0.5) is 0 Å². The largest absolute Gasteiger partial charge is 0.333 e. The number of hydrogen-bond acceptors (Lipinski definition) is 3. The smallest absolute Gasteiger partial charge is 0.260 e. The van der Waals surface area contributed by atoms with Crippen molar-refractivity contribution in [3.8, 4) is 11.5 Å². The molecule has 72 valence electrons. The van der Waals surface area contributed by atoms with E-state index >= 15 is 0 Å². The maximum atomic E-state index is 5.94. The van der Waals surface area contributed by atoms with E-state index in [4.69, 9.17) is 27.7 Å². The van der Waals surface area contributed by atoms with Crippen LogP contribution in [0, 0.1) is 0 Å². The molecule has 0 amide bonds. The number of halogens is 3. The van der Waals surface area contributed by atoms with Gasteiger partial charge in [-0.25, -0.2) is 0 Å². The highest BCUT2D eigenvalue weighted by molar-refractivity contribution is 9.10. The van der Waals surface area contributed by atoms with E-state index in [1.807, 2.05) is 0 Å². The molecule has 2 rings (SSSR count). The molecule has 1 aromatic carbocycles. The van der Waals surface area contributed by atoms with Gasteiger partial charge in [0.05, 0.1) is 10.6 Å². The maximum Gasteiger partial charge on any atom is 0.260 e. The fourth-order valence-electron chi connectivity index (χ4n) is 0.976. The highest BCUT2D eigenvalue weighted by atomic mass is 79.9. The SMILES string of the molecule is Clc1ccc(Cl)c(-c2nc(Br)no2)c1. The molecule has 0 aliphatic rings. The first-order chi connectivity index (χ1) is 6.66. The Labute approximate surface area is 98.1 Å². The standard InChI is InChI=1S/C8H3BrCl2N2O/c9-8-12-7(14-13-8)5-3-4(10)1-2-6(5)11/h1-3H.